The molecule has 47 heavy (non-hydrogen) atoms. The first-order valence-corrected chi connectivity index (χ1v) is 15.1. The molecule has 14 heteroatoms. The number of carbonyl (C=O) groups is 4. The number of hydrazine groups is 2. The summed E-state index contributed by atoms with van der Waals surface area (Å²) < 4.78 is 0. The van der Waals surface area contributed by atoms with Crippen molar-refractivity contribution in [3.8, 4) is 5.75 Å². The molecule has 2 atom stereocenters. The number of rotatable bonds is 11. The van der Waals surface area contributed by atoms with Crippen molar-refractivity contribution >= 4 is 35.1 Å². The topological polar surface area (TPSA) is 195 Å². The molecule has 3 aromatic carbocycles. The van der Waals surface area contributed by atoms with Crippen molar-refractivity contribution in [2.45, 2.75) is 31.7 Å². The van der Waals surface area contributed by atoms with Crippen LogP contribution in [0, 0.1) is 0 Å². The zero-order valence-electron chi connectivity index (χ0n) is 25.9. The summed E-state index contributed by atoms with van der Waals surface area (Å²) in [6.07, 6.45) is 0.858. The van der Waals surface area contributed by atoms with E-state index in [9.17, 15) is 24.3 Å². The standard InChI is InChI=1S/C33H39N9O5/c1-2-15-39-21-30(45)41-27(16-22-11-13-25(43)14-12-22)32(46)38(18-24-9-6-10-26(34)31(24)40(36)19-28(35)44)20-29(41)42(39)33(47)37-17-23-7-4-3-5-8-23/h2-14,27,29,43H,1,15-21,34,36H2,(H2,35,44)(H,37,47)/t27-,29-/m0/s1. The summed E-state index contributed by atoms with van der Waals surface area (Å²) in [5, 5.41) is 17.0. The van der Waals surface area contributed by atoms with Crippen LogP contribution in [0.5, 0.6) is 5.75 Å². The summed E-state index contributed by atoms with van der Waals surface area (Å²) in [5.74, 6) is 4.93. The average Bonchev–Trinajstić information content (AvgIpc) is 3.03. The lowest BCUT2D eigenvalue weighted by Gasteiger charge is -2.55. The summed E-state index contributed by atoms with van der Waals surface area (Å²) in [4.78, 5) is 56.8. The minimum Gasteiger partial charge on any atom is -0.508 e. The molecule has 2 saturated heterocycles. The second kappa shape index (κ2) is 14.2. The third-order valence-corrected chi connectivity index (χ3v) is 8.16. The van der Waals surface area contributed by atoms with Crippen LogP contribution in [0.15, 0.2) is 85.5 Å². The maximum Gasteiger partial charge on any atom is 0.334 e. The lowest BCUT2D eigenvalue weighted by molar-refractivity contribution is -0.189. The van der Waals surface area contributed by atoms with Crippen molar-refractivity contribution in [2.24, 2.45) is 11.6 Å². The van der Waals surface area contributed by atoms with E-state index in [0.717, 1.165) is 10.6 Å². The van der Waals surface area contributed by atoms with Crippen LogP contribution in [0.25, 0.3) is 0 Å². The third-order valence-electron chi connectivity index (χ3n) is 8.16. The van der Waals surface area contributed by atoms with Gasteiger partial charge in [0.05, 0.1) is 24.5 Å². The molecule has 5 amide bonds. The van der Waals surface area contributed by atoms with Crippen molar-refractivity contribution in [2.75, 3.05) is 36.9 Å². The molecule has 3 aromatic rings. The number of fused-ring (bicyclic) bond motifs is 1. The minimum atomic E-state index is -0.981. The number of benzene rings is 3. The quantitative estimate of drug-likeness (QED) is 0.0874. The molecule has 2 heterocycles. The molecule has 2 aliphatic heterocycles. The zero-order valence-corrected chi connectivity index (χ0v) is 25.9. The van der Waals surface area contributed by atoms with Gasteiger partial charge in [-0.05, 0) is 34.9 Å². The van der Waals surface area contributed by atoms with Crippen LogP contribution >= 0.6 is 0 Å². The Hall–Kier alpha value is -5.60. The van der Waals surface area contributed by atoms with E-state index >= 15 is 0 Å². The van der Waals surface area contributed by atoms with E-state index < -0.39 is 24.1 Å². The number of hydrogen-bond donors (Lipinski definition) is 5. The van der Waals surface area contributed by atoms with E-state index in [1.165, 1.54) is 22.0 Å². The van der Waals surface area contributed by atoms with Gasteiger partial charge in [0, 0.05) is 26.1 Å². The highest BCUT2D eigenvalue weighted by Crippen LogP contribution is 2.32. The first-order chi connectivity index (χ1) is 22.6. The van der Waals surface area contributed by atoms with Gasteiger partial charge in [0.25, 0.3) is 0 Å². The number of nitrogens with zero attached hydrogens (tertiary/aromatic N) is 5. The molecular formula is C33H39N9O5. The van der Waals surface area contributed by atoms with Gasteiger partial charge in [0.1, 0.15) is 24.5 Å². The number of carbonyl (C=O) groups excluding carboxylic acids is 4. The number of aromatic hydroxyl groups is 1. The Morgan fingerprint density at radius 1 is 1.02 bits per heavy atom. The molecular weight excluding hydrogens is 602 g/mol. The maximum atomic E-state index is 14.3. The first-order valence-electron chi connectivity index (χ1n) is 15.1. The van der Waals surface area contributed by atoms with Crippen molar-refractivity contribution in [3.63, 3.8) is 0 Å². The molecule has 0 aliphatic carbocycles. The van der Waals surface area contributed by atoms with Crippen LogP contribution in [0.1, 0.15) is 16.7 Å². The summed E-state index contributed by atoms with van der Waals surface area (Å²) in [5.41, 5.74) is 14.4. The fraction of sp³-hybridized carbons (Fsp3) is 0.273. The SMILES string of the molecule is C=CCN1CC(=O)N2[C@@H](Cc3ccc(O)cc3)C(=O)N(Cc3cccc(N)c3N(N)CC(N)=O)C[C@@H]2N1C(=O)NCc1ccccc1. The molecule has 0 bridgehead atoms. The monoisotopic (exact) mass is 641 g/mol. The highest BCUT2D eigenvalue weighted by atomic mass is 16.3. The molecule has 14 nitrogen and oxygen atoms in total. The summed E-state index contributed by atoms with van der Waals surface area (Å²) in [6.45, 7) is 3.80. The molecule has 8 N–H and O–H groups in total. The smallest absolute Gasteiger partial charge is 0.334 e. The van der Waals surface area contributed by atoms with Crippen molar-refractivity contribution in [1.82, 2.24) is 25.1 Å². The number of nitrogens with two attached hydrogens (primary N) is 3. The Labute approximate surface area is 272 Å². The number of phenolic OH excluding ortho intramolecular Hbond substituents is 1. The molecule has 2 fully saturated rings. The van der Waals surface area contributed by atoms with Gasteiger partial charge in [0.15, 0.2) is 0 Å². The summed E-state index contributed by atoms with van der Waals surface area (Å²) in [7, 11) is 0. The van der Waals surface area contributed by atoms with Crippen LogP contribution in [0.3, 0.4) is 0 Å². The molecule has 0 saturated carbocycles. The third kappa shape index (κ3) is 7.29. The predicted octanol–water partition coefficient (Wildman–Crippen LogP) is 0.876. The van der Waals surface area contributed by atoms with E-state index in [0.29, 0.717) is 16.8 Å². The number of piperazine rings is 1. The van der Waals surface area contributed by atoms with Gasteiger partial charge in [-0.25, -0.2) is 20.7 Å². The normalized spacial score (nSPS) is 18.1. The maximum absolute atomic E-state index is 14.3. The van der Waals surface area contributed by atoms with Gasteiger partial charge >= 0.3 is 6.03 Å². The Kier molecular flexibility index (Phi) is 9.92. The number of nitrogen functional groups attached to an aromatic ring is 1. The zero-order chi connectivity index (χ0) is 33.7. The van der Waals surface area contributed by atoms with Crippen molar-refractivity contribution < 1.29 is 24.3 Å². The Bertz CT molecular complexity index is 1640. The van der Waals surface area contributed by atoms with Crippen LogP contribution in [0.2, 0.25) is 0 Å². The highest BCUT2D eigenvalue weighted by molar-refractivity contribution is 5.92. The van der Waals surface area contributed by atoms with Crippen molar-refractivity contribution in [3.05, 3.63) is 102 Å². The Morgan fingerprint density at radius 2 is 1.74 bits per heavy atom. The number of amides is 5. The van der Waals surface area contributed by atoms with Gasteiger partial charge in [-0.1, -0.05) is 60.7 Å². The van der Waals surface area contributed by atoms with Crippen molar-refractivity contribution in [1.29, 1.82) is 0 Å². The molecule has 2 aliphatic rings. The first kappa shape index (κ1) is 32.8. The average molecular weight is 642 g/mol. The Balaban J connectivity index is 1.53. The number of primary amides is 1. The molecule has 0 unspecified atom stereocenters. The summed E-state index contributed by atoms with van der Waals surface area (Å²) in [6, 6.07) is 19.5. The fourth-order valence-electron chi connectivity index (χ4n) is 6.10. The van der Waals surface area contributed by atoms with E-state index in [1.54, 1.807) is 46.3 Å². The predicted molar refractivity (Wildman–Crippen MR) is 176 cm³/mol. The number of para-hydroxylation sites is 1. The van der Waals surface area contributed by atoms with E-state index in [4.69, 9.17) is 17.3 Å². The number of anilines is 2. The fourth-order valence-corrected chi connectivity index (χ4v) is 6.10. The van der Waals surface area contributed by atoms with Gasteiger partial charge in [-0.2, -0.15) is 0 Å². The van der Waals surface area contributed by atoms with Crippen LogP contribution in [0.4, 0.5) is 16.2 Å². The minimum absolute atomic E-state index is 0.0111. The Morgan fingerprint density at radius 3 is 2.43 bits per heavy atom. The van der Waals surface area contributed by atoms with Gasteiger partial charge in [-0.3, -0.25) is 19.4 Å². The van der Waals surface area contributed by atoms with Crippen LogP contribution in [-0.4, -0.2) is 87.1 Å². The lowest BCUT2D eigenvalue weighted by Crippen LogP contribution is -2.76. The number of hydrogen-bond acceptors (Lipinski definition) is 9. The lowest BCUT2D eigenvalue weighted by atomic mass is 9.98. The second-order valence-electron chi connectivity index (χ2n) is 11.5. The highest BCUT2D eigenvalue weighted by Gasteiger charge is 2.51. The summed E-state index contributed by atoms with van der Waals surface area (Å²) >= 11 is 0. The second-order valence-corrected chi connectivity index (χ2v) is 11.5. The van der Waals surface area contributed by atoms with Gasteiger partial charge in [0.2, 0.25) is 17.7 Å². The van der Waals surface area contributed by atoms with Gasteiger partial charge in [-0.15, -0.1) is 6.58 Å². The molecule has 0 radical (unpaired) electrons. The van der Waals surface area contributed by atoms with E-state index in [2.05, 4.69) is 11.9 Å². The number of nitrogens with one attached hydrogen (secondary N) is 1. The van der Waals surface area contributed by atoms with Crippen LogP contribution in [-0.2, 0) is 33.9 Å². The molecule has 5 rings (SSSR count). The molecule has 0 spiro atoms. The molecule has 246 valence electrons. The molecule has 0 aromatic heterocycles. The van der Waals surface area contributed by atoms with E-state index in [1.807, 2.05) is 30.3 Å². The van der Waals surface area contributed by atoms with E-state index in [-0.39, 0.29) is 68.9 Å². The van der Waals surface area contributed by atoms with Crippen LogP contribution < -0.4 is 27.6 Å². The number of urea groups is 1. The van der Waals surface area contributed by atoms with Gasteiger partial charge < -0.3 is 31.7 Å². The number of phenols is 1. The largest absolute Gasteiger partial charge is 0.508 e.